The molecule has 118 valence electrons. The molecule has 0 saturated carbocycles. The van der Waals surface area contributed by atoms with Gasteiger partial charge in [-0.1, -0.05) is 34.6 Å². The van der Waals surface area contributed by atoms with Crippen LogP contribution in [0.5, 0.6) is 0 Å². The summed E-state index contributed by atoms with van der Waals surface area (Å²) in [5.74, 6) is 1.07. The highest BCUT2D eigenvalue weighted by atomic mass is 16.5. The summed E-state index contributed by atoms with van der Waals surface area (Å²) in [7, 11) is 1.88. The lowest BCUT2D eigenvalue weighted by molar-refractivity contribution is 0.162. The van der Waals surface area contributed by atoms with Crippen LogP contribution in [0.4, 0.5) is 4.79 Å². The van der Waals surface area contributed by atoms with Gasteiger partial charge in [-0.15, -0.1) is 0 Å². The summed E-state index contributed by atoms with van der Waals surface area (Å²) in [6, 6.07) is 0.245. The molecule has 1 rings (SSSR count). The molecule has 20 heavy (non-hydrogen) atoms. The molecule has 1 fully saturated rings. The minimum absolute atomic E-state index is 0.0393. The molecule has 4 nitrogen and oxygen atoms in total. The van der Waals surface area contributed by atoms with Gasteiger partial charge in [0.1, 0.15) is 0 Å². The molecule has 0 spiro atoms. The zero-order chi connectivity index (χ0) is 15.3. The first-order valence-electron chi connectivity index (χ1n) is 7.79. The maximum absolute atomic E-state index is 12.3. The molecule has 1 N–H and O–H groups in total. The minimum atomic E-state index is 0.0393. The van der Waals surface area contributed by atoms with Gasteiger partial charge >= 0.3 is 6.03 Å². The number of amides is 2. The highest BCUT2D eigenvalue weighted by Gasteiger charge is 2.28. The van der Waals surface area contributed by atoms with E-state index in [0.717, 1.165) is 32.6 Å². The number of urea groups is 1. The van der Waals surface area contributed by atoms with E-state index in [1.165, 1.54) is 0 Å². The first-order valence-corrected chi connectivity index (χ1v) is 7.79. The van der Waals surface area contributed by atoms with Crippen LogP contribution in [0.25, 0.3) is 0 Å². The van der Waals surface area contributed by atoms with Crippen LogP contribution in [0.2, 0.25) is 0 Å². The fourth-order valence-corrected chi connectivity index (χ4v) is 2.56. The molecular formula is C16H32N2O2. The molecular weight excluding hydrogens is 252 g/mol. The Morgan fingerprint density at radius 3 is 2.50 bits per heavy atom. The summed E-state index contributed by atoms with van der Waals surface area (Å²) in [6.45, 7) is 13.4. The van der Waals surface area contributed by atoms with Gasteiger partial charge in [-0.05, 0) is 24.2 Å². The molecule has 0 radical (unpaired) electrons. The number of ether oxygens (including phenoxy) is 1. The highest BCUT2D eigenvalue weighted by molar-refractivity contribution is 5.74. The third-order valence-corrected chi connectivity index (χ3v) is 3.95. The highest BCUT2D eigenvalue weighted by Crippen LogP contribution is 2.25. The molecule has 1 aliphatic heterocycles. The molecule has 0 aliphatic carbocycles. The van der Waals surface area contributed by atoms with Gasteiger partial charge < -0.3 is 15.0 Å². The van der Waals surface area contributed by atoms with E-state index in [9.17, 15) is 4.79 Å². The van der Waals surface area contributed by atoms with Gasteiger partial charge in [-0.3, -0.25) is 0 Å². The van der Waals surface area contributed by atoms with Gasteiger partial charge in [0.2, 0.25) is 0 Å². The molecule has 0 unspecified atom stereocenters. The molecule has 0 bridgehead atoms. The Hall–Kier alpha value is -0.770. The molecule has 2 amide bonds. The number of nitrogens with one attached hydrogen (secondary N) is 1. The van der Waals surface area contributed by atoms with Crippen LogP contribution in [-0.2, 0) is 4.74 Å². The number of nitrogens with zero attached hydrogens (tertiary/aromatic N) is 1. The summed E-state index contributed by atoms with van der Waals surface area (Å²) < 4.78 is 5.37. The molecule has 0 aromatic carbocycles. The van der Waals surface area contributed by atoms with E-state index in [1.807, 2.05) is 7.05 Å². The molecule has 1 heterocycles. The van der Waals surface area contributed by atoms with Crippen LogP contribution >= 0.6 is 0 Å². The second kappa shape index (κ2) is 7.30. The van der Waals surface area contributed by atoms with Crippen molar-refractivity contribution in [2.75, 3.05) is 26.8 Å². The lowest BCUT2D eigenvalue weighted by Gasteiger charge is -2.34. The molecule has 1 aliphatic rings. The Labute approximate surface area is 124 Å². The first-order chi connectivity index (χ1) is 9.20. The molecule has 0 aromatic heterocycles. The van der Waals surface area contributed by atoms with Crippen molar-refractivity contribution in [1.29, 1.82) is 0 Å². The van der Waals surface area contributed by atoms with Gasteiger partial charge in [0.25, 0.3) is 0 Å². The Kier molecular flexibility index (Phi) is 6.31. The monoisotopic (exact) mass is 284 g/mol. The third kappa shape index (κ3) is 5.70. The summed E-state index contributed by atoms with van der Waals surface area (Å²) in [5, 5.41) is 3.21. The van der Waals surface area contributed by atoms with Crippen LogP contribution in [0.1, 0.15) is 47.5 Å². The molecule has 1 saturated heterocycles. The number of rotatable bonds is 5. The maximum Gasteiger partial charge on any atom is 0.317 e. The standard InChI is InChI=1S/C16H32N2O2/c1-12(2)9-14(16(3,4)5)17-15(19)18(6)10-13-7-8-20-11-13/h12-14H,7-11H2,1-6H3,(H,17,19)/t13-,14+/m0/s1. The van der Waals surface area contributed by atoms with E-state index < -0.39 is 0 Å². The Morgan fingerprint density at radius 1 is 1.40 bits per heavy atom. The van der Waals surface area contributed by atoms with Crippen molar-refractivity contribution in [3.05, 3.63) is 0 Å². The Balaban J connectivity index is 2.51. The fourth-order valence-electron chi connectivity index (χ4n) is 2.56. The second-order valence-corrected chi connectivity index (χ2v) is 7.61. The number of carbonyl (C=O) groups is 1. The fraction of sp³-hybridized carbons (Fsp3) is 0.938. The van der Waals surface area contributed by atoms with Crippen molar-refractivity contribution in [2.24, 2.45) is 17.3 Å². The van der Waals surface area contributed by atoms with Crippen molar-refractivity contribution < 1.29 is 9.53 Å². The SMILES string of the molecule is CC(C)C[C@@H](NC(=O)N(C)C[C@@H]1CCOC1)C(C)(C)C. The van der Waals surface area contributed by atoms with Crippen molar-refractivity contribution in [3.63, 3.8) is 0 Å². The Morgan fingerprint density at radius 2 is 2.05 bits per heavy atom. The van der Waals surface area contributed by atoms with Gasteiger partial charge in [0.05, 0.1) is 6.61 Å². The van der Waals surface area contributed by atoms with Crippen molar-refractivity contribution in [1.82, 2.24) is 10.2 Å². The zero-order valence-electron chi connectivity index (χ0n) is 14.0. The number of hydrogen-bond donors (Lipinski definition) is 1. The molecule has 4 heteroatoms. The van der Waals surface area contributed by atoms with E-state index in [1.54, 1.807) is 4.90 Å². The van der Waals surface area contributed by atoms with Gasteiger partial charge in [0.15, 0.2) is 0 Å². The number of carbonyl (C=O) groups excluding carboxylic acids is 1. The van der Waals surface area contributed by atoms with Crippen molar-refractivity contribution >= 4 is 6.03 Å². The zero-order valence-corrected chi connectivity index (χ0v) is 14.0. The van der Waals surface area contributed by atoms with Gasteiger partial charge in [-0.25, -0.2) is 4.79 Å². The lowest BCUT2D eigenvalue weighted by Crippen LogP contribution is -2.50. The first kappa shape index (κ1) is 17.3. The van der Waals surface area contributed by atoms with E-state index in [2.05, 4.69) is 39.9 Å². The lowest BCUT2D eigenvalue weighted by atomic mass is 9.82. The van der Waals surface area contributed by atoms with Gasteiger partial charge in [0, 0.05) is 32.2 Å². The van der Waals surface area contributed by atoms with Crippen LogP contribution in [-0.4, -0.2) is 43.8 Å². The van der Waals surface area contributed by atoms with E-state index in [4.69, 9.17) is 4.74 Å². The predicted molar refractivity (Wildman–Crippen MR) is 82.8 cm³/mol. The predicted octanol–water partition coefficient (Wildman–Crippen LogP) is 3.13. The second-order valence-electron chi connectivity index (χ2n) is 7.61. The summed E-state index contributed by atoms with van der Waals surface area (Å²) in [5.41, 5.74) is 0.0806. The maximum atomic E-state index is 12.3. The van der Waals surface area contributed by atoms with Crippen LogP contribution in [0.3, 0.4) is 0 Å². The largest absolute Gasteiger partial charge is 0.381 e. The summed E-state index contributed by atoms with van der Waals surface area (Å²) >= 11 is 0. The molecule has 0 aromatic rings. The van der Waals surface area contributed by atoms with Crippen LogP contribution < -0.4 is 5.32 Å². The van der Waals surface area contributed by atoms with Crippen molar-refractivity contribution in [2.45, 2.75) is 53.5 Å². The van der Waals surface area contributed by atoms with E-state index in [-0.39, 0.29) is 17.5 Å². The smallest absolute Gasteiger partial charge is 0.317 e. The van der Waals surface area contributed by atoms with E-state index in [0.29, 0.717) is 11.8 Å². The average molecular weight is 284 g/mol. The average Bonchev–Trinajstić information content (AvgIpc) is 2.78. The molecule has 2 atom stereocenters. The normalized spacial score (nSPS) is 21.1. The third-order valence-electron chi connectivity index (χ3n) is 3.95. The van der Waals surface area contributed by atoms with E-state index >= 15 is 0 Å². The summed E-state index contributed by atoms with van der Waals surface area (Å²) in [6.07, 6.45) is 2.07. The number of hydrogen-bond acceptors (Lipinski definition) is 2. The summed E-state index contributed by atoms with van der Waals surface area (Å²) in [4.78, 5) is 14.1. The quantitative estimate of drug-likeness (QED) is 0.842. The van der Waals surface area contributed by atoms with Gasteiger partial charge in [-0.2, -0.15) is 0 Å². The topological polar surface area (TPSA) is 41.6 Å². The minimum Gasteiger partial charge on any atom is -0.381 e. The van der Waals surface area contributed by atoms with Crippen LogP contribution in [0, 0.1) is 17.3 Å². The van der Waals surface area contributed by atoms with Crippen molar-refractivity contribution in [3.8, 4) is 0 Å². The van der Waals surface area contributed by atoms with Crippen LogP contribution in [0.15, 0.2) is 0 Å². The Bertz CT molecular complexity index is 304.